The molecule has 0 aromatic heterocycles. The molecule has 1 heterocycles. The minimum absolute atomic E-state index is 0.00618. The molecule has 1 aliphatic heterocycles. The molecule has 0 amide bonds. The van der Waals surface area contributed by atoms with Crippen molar-refractivity contribution in [3.05, 3.63) is 35.4 Å². The van der Waals surface area contributed by atoms with Crippen LogP contribution in [-0.2, 0) is 0 Å². The molecular weight excluding hydrogens is 252 g/mol. The number of carbonyl (C=O) groups excluding carboxylic acids is 1. The minimum Gasteiger partial charge on any atom is -0.395 e. The molecule has 5 heteroatoms. The Morgan fingerprint density at radius 1 is 1.42 bits per heavy atom. The van der Waals surface area contributed by atoms with E-state index in [9.17, 15) is 18.7 Å². The first-order chi connectivity index (χ1) is 9.02. The minimum atomic E-state index is -1.01. The second-order valence-corrected chi connectivity index (χ2v) is 5.04. The van der Waals surface area contributed by atoms with Crippen LogP contribution in [0.2, 0.25) is 0 Å². The van der Waals surface area contributed by atoms with Crippen LogP contribution >= 0.6 is 0 Å². The van der Waals surface area contributed by atoms with Gasteiger partial charge in [-0.2, -0.15) is 0 Å². The summed E-state index contributed by atoms with van der Waals surface area (Å²) in [5.74, 6) is -1.90. The normalized spacial score (nSPS) is 23.8. The standard InChI is InChI=1S/C14H17F2NO2/c1-9-4-5-17(13(9)8-18)7-14(19)10-2-3-11(15)12(16)6-10/h2-3,6,9,13,18H,4-5,7-8H2,1H3. The molecule has 1 aromatic rings. The summed E-state index contributed by atoms with van der Waals surface area (Å²) in [5, 5.41) is 9.31. The zero-order valence-corrected chi connectivity index (χ0v) is 10.8. The van der Waals surface area contributed by atoms with Gasteiger partial charge in [-0.3, -0.25) is 9.69 Å². The van der Waals surface area contributed by atoms with E-state index in [0.717, 1.165) is 25.1 Å². The van der Waals surface area contributed by atoms with E-state index in [1.54, 1.807) is 0 Å². The summed E-state index contributed by atoms with van der Waals surface area (Å²) < 4.78 is 25.9. The Bertz CT molecular complexity index is 479. The molecule has 19 heavy (non-hydrogen) atoms. The highest BCUT2D eigenvalue weighted by atomic mass is 19.2. The van der Waals surface area contributed by atoms with Gasteiger partial charge in [0, 0.05) is 11.6 Å². The molecule has 2 atom stereocenters. The molecule has 0 radical (unpaired) electrons. The quantitative estimate of drug-likeness (QED) is 0.848. The molecule has 0 bridgehead atoms. The number of benzene rings is 1. The molecule has 0 spiro atoms. The van der Waals surface area contributed by atoms with E-state index in [2.05, 4.69) is 0 Å². The van der Waals surface area contributed by atoms with Crippen LogP contribution in [0.1, 0.15) is 23.7 Å². The van der Waals surface area contributed by atoms with Crippen molar-refractivity contribution >= 4 is 5.78 Å². The largest absolute Gasteiger partial charge is 0.395 e. The van der Waals surface area contributed by atoms with E-state index in [-0.39, 0.29) is 30.5 Å². The molecule has 2 rings (SSSR count). The molecule has 2 unspecified atom stereocenters. The van der Waals surface area contributed by atoms with Gasteiger partial charge in [0.2, 0.25) is 0 Å². The fourth-order valence-corrected chi connectivity index (χ4v) is 2.52. The van der Waals surface area contributed by atoms with Crippen LogP contribution < -0.4 is 0 Å². The second kappa shape index (κ2) is 5.75. The van der Waals surface area contributed by atoms with Crippen LogP contribution in [0.15, 0.2) is 18.2 Å². The molecule has 104 valence electrons. The maximum atomic E-state index is 13.1. The topological polar surface area (TPSA) is 40.5 Å². The fourth-order valence-electron chi connectivity index (χ4n) is 2.52. The second-order valence-electron chi connectivity index (χ2n) is 5.04. The number of aliphatic hydroxyl groups is 1. The van der Waals surface area contributed by atoms with Crippen molar-refractivity contribution < 1.29 is 18.7 Å². The summed E-state index contributed by atoms with van der Waals surface area (Å²) in [4.78, 5) is 13.9. The highest BCUT2D eigenvalue weighted by Gasteiger charge is 2.31. The zero-order valence-electron chi connectivity index (χ0n) is 10.8. The lowest BCUT2D eigenvalue weighted by atomic mass is 10.0. The van der Waals surface area contributed by atoms with Crippen LogP contribution in [0, 0.1) is 17.6 Å². The van der Waals surface area contributed by atoms with Gasteiger partial charge in [-0.25, -0.2) is 8.78 Å². The molecular formula is C14H17F2NO2. The van der Waals surface area contributed by atoms with Crippen molar-refractivity contribution in [1.82, 2.24) is 4.90 Å². The first kappa shape index (κ1) is 14.1. The summed E-state index contributed by atoms with van der Waals surface area (Å²) in [6.45, 7) is 2.90. The number of halogens is 2. The predicted molar refractivity (Wildman–Crippen MR) is 66.9 cm³/mol. The monoisotopic (exact) mass is 269 g/mol. The zero-order chi connectivity index (χ0) is 14.0. The summed E-state index contributed by atoms with van der Waals surface area (Å²) >= 11 is 0. The van der Waals surface area contributed by atoms with Crippen molar-refractivity contribution in [3.63, 3.8) is 0 Å². The first-order valence-electron chi connectivity index (χ1n) is 6.36. The Hall–Kier alpha value is -1.33. The lowest BCUT2D eigenvalue weighted by Crippen LogP contribution is -2.38. The van der Waals surface area contributed by atoms with Crippen LogP contribution in [-0.4, -0.2) is 41.5 Å². The molecule has 1 N–H and O–H groups in total. The summed E-state index contributed by atoms with van der Waals surface area (Å²) in [6, 6.07) is 3.13. The van der Waals surface area contributed by atoms with Gasteiger partial charge in [0.15, 0.2) is 17.4 Å². The fraction of sp³-hybridized carbons (Fsp3) is 0.500. The van der Waals surface area contributed by atoms with E-state index < -0.39 is 11.6 Å². The van der Waals surface area contributed by atoms with Crippen LogP contribution in [0.3, 0.4) is 0 Å². The molecule has 0 aliphatic carbocycles. The number of aliphatic hydroxyl groups excluding tert-OH is 1. The van der Waals surface area contributed by atoms with Crippen molar-refractivity contribution in [3.8, 4) is 0 Å². The Morgan fingerprint density at radius 3 is 2.79 bits per heavy atom. The Balaban J connectivity index is 2.06. The number of hydrogen-bond acceptors (Lipinski definition) is 3. The number of ketones is 1. The summed E-state index contributed by atoms with van der Waals surface area (Å²) in [5.41, 5.74) is 0.162. The number of nitrogens with zero attached hydrogens (tertiary/aromatic N) is 1. The molecule has 3 nitrogen and oxygen atoms in total. The van der Waals surface area contributed by atoms with Crippen molar-refractivity contribution in [2.24, 2.45) is 5.92 Å². The van der Waals surface area contributed by atoms with Crippen molar-refractivity contribution in [2.75, 3.05) is 19.7 Å². The third-order valence-electron chi connectivity index (χ3n) is 3.77. The van der Waals surface area contributed by atoms with E-state index >= 15 is 0 Å². The predicted octanol–water partition coefficient (Wildman–Crippen LogP) is 1.85. The van der Waals surface area contributed by atoms with E-state index in [0.29, 0.717) is 5.92 Å². The first-order valence-corrected chi connectivity index (χ1v) is 6.36. The van der Waals surface area contributed by atoms with Crippen molar-refractivity contribution in [2.45, 2.75) is 19.4 Å². The number of likely N-dealkylation sites (tertiary alicyclic amines) is 1. The van der Waals surface area contributed by atoms with Crippen LogP contribution in [0.4, 0.5) is 8.78 Å². The molecule has 1 fully saturated rings. The summed E-state index contributed by atoms with van der Waals surface area (Å²) in [6.07, 6.45) is 0.927. The maximum Gasteiger partial charge on any atom is 0.176 e. The molecule has 1 aliphatic rings. The third-order valence-corrected chi connectivity index (χ3v) is 3.77. The highest BCUT2D eigenvalue weighted by Crippen LogP contribution is 2.23. The average Bonchev–Trinajstić information content (AvgIpc) is 2.73. The lowest BCUT2D eigenvalue weighted by Gasteiger charge is -2.24. The molecule has 1 aromatic carbocycles. The average molecular weight is 269 g/mol. The number of rotatable bonds is 4. The third kappa shape index (κ3) is 2.98. The lowest BCUT2D eigenvalue weighted by molar-refractivity contribution is 0.0865. The SMILES string of the molecule is CC1CCN(CC(=O)c2ccc(F)c(F)c2)C1CO. The molecule has 0 saturated carbocycles. The summed E-state index contributed by atoms with van der Waals surface area (Å²) in [7, 11) is 0. The van der Waals surface area contributed by atoms with Gasteiger partial charge in [-0.15, -0.1) is 0 Å². The number of hydrogen-bond donors (Lipinski definition) is 1. The van der Waals surface area contributed by atoms with Gasteiger partial charge < -0.3 is 5.11 Å². The highest BCUT2D eigenvalue weighted by molar-refractivity contribution is 5.97. The van der Waals surface area contributed by atoms with E-state index in [1.165, 1.54) is 6.07 Å². The Morgan fingerprint density at radius 2 is 2.16 bits per heavy atom. The smallest absolute Gasteiger partial charge is 0.176 e. The maximum absolute atomic E-state index is 13.1. The van der Waals surface area contributed by atoms with Gasteiger partial charge in [0.25, 0.3) is 0 Å². The van der Waals surface area contributed by atoms with Crippen LogP contribution in [0.25, 0.3) is 0 Å². The van der Waals surface area contributed by atoms with Crippen molar-refractivity contribution in [1.29, 1.82) is 0 Å². The van der Waals surface area contributed by atoms with Gasteiger partial charge in [-0.05, 0) is 37.1 Å². The Labute approximate surface area is 110 Å². The van der Waals surface area contributed by atoms with E-state index in [1.807, 2.05) is 11.8 Å². The van der Waals surface area contributed by atoms with Gasteiger partial charge in [-0.1, -0.05) is 6.92 Å². The van der Waals surface area contributed by atoms with Crippen LogP contribution in [0.5, 0.6) is 0 Å². The van der Waals surface area contributed by atoms with E-state index in [4.69, 9.17) is 0 Å². The van der Waals surface area contributed by atoms with Gasteiger partial charge >= 0.3 is 0 Å². The number of carbonyl (C=O) groups is 1. The number of Topliss-reactive ketones (excluding diaryl/α,β-unsaturated/α-hetero) is 1. The molecule has 1 saturated heterocycles. The Kier molecular flexibility index (Phi) is 4.27. The van der Waals surface area contributed by atoms with Gasteiger partial charge in [0.05, 0.1) is 13.2 Å². The van der Waals surface area contributed by atoms with Gasteiger partial charge in [0.1, 0.15) is 0 Å².